The molecule has 21 heavy (non-hydrogen) atoms. The number of hydrogen-bond donors (Lipinski definition) is 2. The van der Waals surface area contributed by atoms with Crippen LogP contribution < -0.4 is 10.6 Å². The Morgan fingerprint density at radius 2 is 2.00 bits per heavy atom. The summed E-state index contributed by atoms with van der Waals surface area (Å²) in [6.07, 6.45) is 0.649. The number of fused-ring (bicyclic) bond motifs is 1. The minimum Gasteiger partial charge on any atom is -0.325 e. The maximum absolute atomic E-state index is 13.5. The normalized spacial score (nSPS) is 17.1. The first-order chi connectivity index (χ1) is 10.1. The molecular formula is C17H17FN2O. The van der Waals surface area contributed by atoms with E-state index in [9.17, 15) is 9.18 Å². The van der Waals surface area contributed by atoms with Gasteiger partial charge in [-0.2, -0.15) is 0 Å². The number of carbonyl (C=O) groups excluding carboxylic acids is 1. The Labute approximate surface area is 123 Å². The Hall–Kier alpha value is -2.20. The molecule has 3 rings (SSSR count). The molecule has 0 fully saturated rings. The van der Waals surface area contributed by atoms with E-state index in [2.05, 4.69) is 16.7 Å². The number of hydrogen-bond acceptors (Lipinski definition) is 2. The van der Waals surface area contributed by atoms with Crippen LogP contribution in [0.4, 0.5) is 10.1 Å². The van der Waals surface area contributed by atoms with Gasteiger partial charge in [0.15, 0.2) is 0 Å². The summed E-state index contributed by atoms with van der Waals surface area (Å²) in [6, 6.07) is 12.5. The van der Waals surface area contributed by atoms with Crippen LogP contribution in [-0.4, -0.2) is 11.9 Å². The van der Waals surface area contributed by atoms with Gasteiger partial charge < -0.3 is 10.6 Å². The Balaban J connectivity index is 1.70. The number of nitrogens with one attached hydrogen (secondary N) is 2. The van der Waals surface area contributed by atoms with Crippen molar-refractivity contribution in [2.45, 2.75) is 25.9 Å². The predicted molar refractivity (Wildman–Crippen MR) is 80.5 cm³/mol. The minimum atomic E-state index is -0.310. The highest BCUT2D eigenvalue weighted by atomic mass is 19.1. The van der Waals surface area contributed by atoms with E-state index in [-0.39, 0.29) is 17.8 Å². The van der Waals surface area contributed by atoms with Gasteiger partial charge in [-0.3, -0.25) is 4.79 Å². The first kappa shape index (κ1) is 13.8. The molecule has 4 heteroatoms. The molecule has 1 heterocycles. The molecule has 3 nitrogen and oxygen atoms in total. The molecule has 1 atom stereocenters. The van der Waals surface area contributed by atoms with Crippen LogP contribution >= 0.6 is 0 Å². The molecule has 108 valence electrons. The summed E-state index contributed by atoms with van der Waals surface area (Å²) in [5, 5.41) is 5.98. The largest absolute Gasteiger partial charge is 0.325 e. The summed E-state index contributed by atoms with van der Waals surface area (Å²) in [5.41, 5.74) is 3.47. The number of carbonyl (C=O) groups is 1. The van der Waals surface area contributed by atoms with Gasteiger partial charge in [-0.25, -0.2) is 4.39 Å². The highest BCUT2D eigenvalue weighted by Crippen LogP contribution is 2.18. The second-order valence-electron chi connectivity index (χ2n) is 5.36. The lowest BCUT2D eigenvalue weighted by Crippen LogP contribution is -2.44. The van der Waals surface area contributed by atoms with Crippen molar-refractivity contribution in [2.75, 3.05) is 5.32 Å². The molecule has 2 aromatic rings. The summed E-state index contributed by atoms with van der Waals surface area (Å²) >= 11 is 0. The summed E-state index contributed by atoms with van der Waals surface area (Å²) < 4.78 is 13.5. The number of halogens is 1. The van der Waals surface area contributed by atoms with Crippen LogP contribution in [0, 0.1) is 12.7 Å². The fourth-order valence-electron chi connectivity index (χ4n) is 2.54. The number of aryl methyl sites for hydroxylation is 1. The molecule has 0 spiro atoms. The molecule has 0 aromatic heterocycles. The van der Waals surface area contributed by atoms with Gasteiger partial charge >= 0.3 is 0 Å². The van der Waals surface area contributed by atoms with E-state index in [1.165, 1.54) is 17.2 Å². The van der Waals surface area contributed by atoms with Crippen molar-refractivity contribution >= 4 is 11.6 Å². The van der Waals surface area contributed by atoms with Gasteiger partial charge in [0.1, 0.15) is 5.82 Å². The number of anilines is 1. The van der Waals surface area contributed by atoms with E-state index < -0.39 is 0 Å². The quantitative estimate of drug-likeness (QED) is 0.890. The van der Waals surface area contributed by atoms with Gasteiger partial charge in [0.05, 0.1) is 6.04 Å². The molecule has 2 N–H and O–H groups in total. The zero-order valence-electron chi connectivity index (χ0n) is 11.8. The van der Waals surface area contributed by atoms with Crippen molar-refractivity contribution in [2.24, 2.45) is 0 Å². The van der Waals surface area contributed by atoms with E-state index >= 15 is 0 Å². The first-order valence-electron chi connectivity index (χ1n) is 7.00. The van der Waals surface area contributed by atoms with Crippen LogP contribution in [0.5, 0.6) is 0 Å². The first-order valence-corrected chi connectivity index (χ1v) is 7.00. The molecule has 0 bridgehead atoms. The van der Waals surface area contributed by atoms with Crippen molar-refractivity contribution in [3.63, 3.8) is 0 Å². The number of amides is 1. The lowest BCUT2D eigenvalue weighted by Gasteiger charge is -2.25. The molecule has 0 saturated carbocycles. The fourth-order valence-corrected chi connectivity index (χ4v) is 2.54. The maximum atomic E-state index is 13.5. The van der Waals surface area contributed by atoms with Crippen LogP contribution in [0.1, 0.15) is 16.7 Å². The number of rotatable bonds is 2. The molecular weight excluding hydrogens is 267 g/mol. The molecule has 1 aliphatic rings. The lowest BCUT2D eigenvalue weighted by molar-refractivity contribution is -0.118. The Morgan fingerprint density at radius 3 is 2.76 bits per heavy atom. The van der Waals surface area contributed by atoms with Gasteiger partial charge in [0, 0.05) is 12.2 Å². The van der Waals surface area contributed by atoms with Crippen molar-refractivity contribution in [3.8, 4) is 0 Å². The zero-order valence-corrected chi connectivity index (χ0v) is 11.8. The van der Waals surface area contributed by atoms with E-state index in [1.807, 2.05) is 18.2 Å². The van der Waals surface area contributed by atoms with Crippen LogP contribution in [0.15, 0.2) is 42.5 Å². The summed E-state index contributed by atoms with van der Waals surface area (Å²) in [5.74, 6) is -0.442. The molecule has 0 unspecified atom stereocenters. The number of benzene rings is 2. The van der Waals surface area contributed by atoms with E-state index in [1.54, 1.807) is 19.1 Å². The highest BCUT2D eigenvalue weighted by Gasteiger charge is 2.23. The van der Waals surface area contributed by atoms with E-state index in [4.69, 9.17) is 0 Å². The van der Waals surface area contributed by atoms with Crippen molar-refractivity contribution < 1.29 is 9.18 Å². The second-order valence-corrected chi connectivity index (χ2v) is 5.36. The molecule has 1 aliphatic heterocycles. The molecule has 2 aromatic carbocycles. The molecule has 1 amide bonds. The third-order valence-corrected chi connectivity index (χ3v) is 3.84. The van der Waals surface area contributed by atoms with Crippen molar-refractivity contribution in [3.05, 3.63) is 65.0 Å². The van der Waals surface area contributed by atoms with Crippen LogP contribution in [0.2, 0.25) is 0 Å². The minimum absolute atomic E-state index is 0.132. The van der Waals surface area contributed by atoms with Gasteiger partial charge in [0.2, 0.25) is 5.91 Å². The van der Waals surface area contributed by atoms with Gasteiger partial charge in [-0.05, 0) is 42.2 Å². The lowest BCUT2D eigenvalue weighted by atomic mass is 9.95. The van der Waals surface area contributed by atoms with Crippen LogP contribution in [-0.2, 0) is 17.8 Å². The van der Waals surface area contributed by atoms with Crippen molar-refractivity contribution in [1.29, 1.82) is 0 Å². The SMILES string of the molecule is Cc1ccc(NC(=O)[C@@H]2Cc3ccccc3CN2)cc1F. The van der Waals surface area contributed by atoms with Crippen LogP contribution in [0.25, 0.3) is 0 Å². The summed E-state index contributed by atoms with van der Waals surface area (Å²) in [6.45, 7) is 2.37. The average molecular weight is 284 g/mol. The van der Waals surface area contributed by atoms with E-state index in [0.717, 1.165) is 0 Å². The Kier molecular flexibility index (Phi) is 3.71. The maximum Gasteiger partial charge on any atom is 0.241 e. The topological polar surface area (TPSA) is 41.1 Å². The summed E-state index contributed by atoms with van der Waals surface area (Å²) in [4.78, 5) is 12.3. The third kappa shape index (κ3) is 2.95. The standard InChI is InChI=1S/C17H17FN2O/c1-11-6-7-14(9-15(11)18)20-17(21)16-8-12-4-2-3-5-13(12)10-19-16/h2-7,9,16,19H,8,10H2,1H3,(H,20,21)/t16-/m0/s1. The Bertz CT molecular complexity index is 684. The monoisotopic (exact) mass is 284 g/mol. The van der Waals surface area contributed by atoms with Gasteiger partial charge in [0.25, 0.3) is 0 Å². The smallest absolute Gasteiger partial charge is 0.241 e. The van der Waals surface area contributed by atoms with E-state index in [0.29, 0.717) is 24.2 Å². The van der Waals surface area contributed by atoms with Crippen molar-refractivity contribution in [1.82, 2.24) is 5.32 Å². The molecule has 0 saturated heterocycles. The molecule has 0 radical (unpaired) electrons. The zero-order chi connectivity index (χ0) is 14.8. The Morgan fingerprint density at radius 1 is 1.24 bits per heavy atom. The summed E-state index contributed by atoms with van der Waals surface area (Å²) in [7, 11) is 0. The van der Waals surface area contributed by atoms with Gasteiger partial charge in [-0.15, -0.1) is 0 Å². The van der Waals surface area contributed by atoms with Crippen LogP contribution in [0.3, 0.4) is 0 Å². The highest BCUT2D eigenvalue weighted by molar-refractivity contribution is 5.95. The fraction of sp³-hybridized carbons (Fsp3) is 0.235. The predicted octanol–water partition coefficient (Wildman–Crippen LogP) is 2.79. The molecule has 0 aliphatic carbocycles. The average Bonchev–Trinajstić information content (AvgIpc) is 2.50. The second kappa shape index (κ2) is 5.66. The third-order valence-electron chi connectivity index (χ3n) is 3.84. The van der Waals surface area contributed by atoms with Gasteiger partial charge in [-0.1, -0.05) is 30.3 Å².